The monoisotopic (exact) mass is 441 g/mol. The molecule has 6 nitrogen and oxygen atoms in total. The average molecular weight is 442 g/mol. The Morgan fingerprint density at radius 1 is 1.00 bits per heavy atom. The highest BCUT2D eigenvalue weighted by molar-refractivity contribution is 5.93. The maximum absolute atomic E-state index is 12.6. The van der Waals surface area contributed by atoms with Crippen LogP contribution in [0.4, 0.5) is 16.3 Å². The molecule has 2 aromatic carbocycles. The molecule has 0 radical (unpaired) electrons. The van der Waals surface area contributed by atoms with Crippen molar-refractivity contribution in [2.24, 2.45) is 0 Å². The van der Waals surface area contributed by atoms with Crippen LogP contribution in [0, 0.1) is 0 Å². The van der Waals surface area contributed by atoms with Crippen LogP contribution in [0.3, 0.4) is 0 Å². The van der Waals surface area contributed by atoms with E-state index in [9.17, 15) is 4.79 Å². The maximum Gasteiger partial charge on any atom is 0.319 e. The topological polar surface area (TPSA) is 69.3 Å². The number of anilines is 2. The summed E-state index contributed by atoms with van der Waals surface area (Å²) in [5.74, 6) is 0.888. The van der Waals surface area contributed by atoms with E-state index < -0.39 is 0 Å². The lowest BCUT2D eigenvalue weighted by Gasteiger charge is -2.36. The molecule has 1 aliphatic carbocycles. The normalized spacial score (nSPS) is 26.2. The van der Waals surface area contributed by atoms with Crippen LogP contribution in [0.15, 0.2) is 54.6 Å². The van der Waals surface area contributed by atoms with Crippen LogP contribution < -0.4 is 16.0 Å². The van der Waals surface area contributed by atoms with Crippen LogP contribution in [-0.2, 0) is 6.42 Å². The molecular formula is C27H31N5O. The minimum Gasteiger partial charge on any atom is -0.363 e. The molecule has 6 heteroatoms. The van der Waals surface area contributed by atoms with Crippen molar-refractivity contribution in [1.82, 2.24) is 15.2 Å². The molecule has 170 valence electrons. The van der Waals surface area contributed by atoms with Crippen molar-refractivity contribution >= 4 is 28.4 Å². The van der Waals surface area contributed by atoms with Gasteiger partial charge in [0.15, 0.2) is 0 Å². The highest BCUT2D eigenvalue weighted by Crippen LogP contribution is 2.35. The second-order valence-corrected chi connectivity index (χ2v) is 9.86. The Hall–Kier alpha value is -3.12. The van der Waals surface area contributed by atoms with Crippen LogP contribution in [0.25, 0.3) is 10.9 Å². The van der Waals surface area contributed by atoms with Crippen molar-refractivity contribution in [3.05, 3.63) is 65.7 Å². The molecule has 3 aromatic rings. The van der Waals surface area contributed by atoms with Gasteiger partial charge in [-0.3, -0.25) is 0 Å². The van der Waals surface area contributed by atoms with Crippen molar-refractivity contribution in [3.8, 4) is 0 Å². The SMILES string of the molecule is CN1C2CCC1CC(NC(=O)Nc1ccc3nc(N[C@@H]4CCc5ccccc54)ccc3c1)C2. The molecule has 2 aliphatic heterocycles. The van der Waals surface area contributed by atoms with E-state index in [4.69, 9.17) is 4.98 Å². The first-order valence-electron chi connectivity index (χ1n) is 12.2. The van der Waals surface area contributed by atoms with E-state index in [1.807, 2.05) is 24.3 Å². The molecule has 2 fully saturated rings. The number of nitrogens with one attached hydrogen (secondary N) is 3. The standard InChI is InChI=1S/C27H31N5O/c1-32-21-9-10-22(32)16-20(15-21)29-27(33)28-19-8-12-24-18(14-19)7-13-26(30-24)31-25-11-6-17-4-2-3-5-23(17)25/h2-5,7-8,12-14,20-22,25H,6,9-11,15-16H2,1H3,(H,30,31)(H2,28,29,33)/t20?,21?,22?,25-/m1/s1. The predicted octanol–water partition coefficient (Wildman–Crippen LogP) is 5.08. The van der Waals surface area contributed by atoms with E-state index >= 15 is 0 Å². The third-order valence-corrected chi connectivity index (χ3v) is 7.84. The summed E-state index contributed by atoms with van der Waals surface area (Å²) in [6.45, 7) is 0. The molecule has 0 saturated carbocycles. The van der Waals surface area contributed by atoms with Crippen LogP contribution in [0.1, 0.15) is 49.3 Å². The Morgan fingerprint density at radius 2 is 1.82 bits per heavy atom. The van der Waals surface area contributed by atoms with Gasteiger partial charge in [-0.25, -0.2) is 9.78 Å². The summed E-state index contributed by atoms with van der Waals surface area (Å²) in [5, 5.41) is 10.8. The number of piperidine rings is 1. The van der Waals surface area contributed by atoms with Gasteiger partial charge >= 0.3 is 6.03 Å². The molecule has 6 rings (SSSR count). The van der Waals surface area contributed by atoms with Gasteiger partial charge in [0, 0.05) is 29.2 Å². The number of urea groups is 1. The first-order chi connectivity index (χ1) is 16.1. The number of rotatable bonds is 4. The van der Waals surface area contributed by atoms with Crippen LogP contribution in [0.5, 0.6) is 0 Å². The van der Waals surface area contributed by atoms with Gasteiger partial charge in [-0.05, 0) is 87.0 Å². The van der Waals surface area contributed by atoms with E-state index in [0.717, 1.165) is 48.1 Å². The zero-order valence-corrected chi connectivity index (χ0v) is 19.1. The number of benzene rings is 2. The lowest BCUT2D eigenvalue weighted by Crippen LogP contribution is -2.49. The van der Waals surface area contributed by atoms with E-state index in [1.54, 1.807) is 0 Å². The molecule has 1 aromatic heterocycles. The molecule has 3 N–H and O–H groups in total. The molecule has 33 heavy (non-hydrogen) atoms. The maximum atomic E-state index is 12.6. The van der Waals surface area contributed by atoms with Gasteiger partial charge in [0.05, 0.1) is 11.6 Å². The van der Waals surface area contributed by atoms with E-state index in [-0.39, 0.29) is 12.1 Å². The highest BCUT2D eigenvalue weighted by Gasteiger charge is 2.38. The summed E-state index contributed by atoms with van der Waals surface area (Å²) in [5.41, 5.74) is 4.52. The van der Waals surface area contributed by atoms with E-state index in [0.29, 0.717) is 18.1 Å². The number of hydrogen-bond donors (Lipinski definition) is 3. The smallest absolute Gasteiger partial charge is 0.319 e. The number of nitrogens with zero attached hydrogens (tertiary/aromatic N) is 2. The third kappa shape index (κ3) is 4.04. The van der Waals surface area contributed by atoms with E-state index in [2.05, 4.69) is 58.2 Å². The molecule has 2 unspecified atom stereocenters. The number of fused-ring (bicyclic) bond motifs is 4. The zero-order valence-electron chi connectivity index (χ0n) is 19.1. The fourth-order valence-corrected chi connectivity index (χ4v) is 6.05. The number of carbonyl (C=O) groups is 1. The first-order valence-corrected chi connectivity index (χ1v) is 12.2. The number of amides is 2. The minimum atomic E-state index is -0.116. The number of carbonyl (C=O) groups excluding carboxylic acids is 1. The lowest BCUT2D eigenvalue weighted by atomic mass is 9.98. The fraction of sp³-hybridized carbons (Fsp3) is 0.407. The average Bonchev–Trinajstić information content (AvgIpc) is 3.29. The summed E-state index contributed by atoms with van der Waals surface area (Å²) in [6, 6.07) is 20.3. The molecule has 3 atom stereocenters. The van der Waals surface area contributed by atoms with Gasteiger partial charge in [-0.15, -0.1) is 0 Å². The van der Waals surface area contributed by atoms with Gasteiger partial charge in [-0.1, -0.05) is 24.3 Å². The number of aromatic nitrogens is 1. The van der Waals surface area contributed by atoms with Crippen molar-refractivity contribution < 1.29 is 4.79 Å². The Morgan fingerprint density at radius 3 is 2.67 bits per heavy atom. The second kappa shape index (κ2) is 8.34. The molecule has 2 amide bonds. The minimum absolute atomic E-state index is 0.116. The van der Waals surface area contributed by atoms with Crippen molar-refractivity contribution in [2.45, 2.75) is 62.7 Å². The Bertz CT molecular complexity index is 1180. The molecule has 2 saturated heterocycles. The Kier molecular flexibility index (Phi) is 5.18. The van der Waals surface area contributed by atoms with Crippen molar-refractivity contribution in [2.75, 3.05) is 17.7 Å². The van der Waals surface area contributed by atoms with Gasteiger partial charge in [0.25, 0.3) is 0 Å². The quantitative estimate of drug-likeness (QED) is 0.528. The van der Waals surface area contributed by atoms with Crippen LogP contribution >= 0.6 is 0 Å². The molecular weight excluding hydrogens is 410 g/mol. The zero-order chi connectivity index (χ0) is 22.4. The second-order valence-electron chi connectivity index (χ2n) is 9.86. The van der Waals surface area contributed by atoms with Gasteiger partial charge in [0.2, 0.25) is 0 Å². The molecule has 2 bridgehead atoms. The summed E-state index contributed by atoms with van der Waals surface area (Å²) in [4.78, 5) is 19.9. The fourth-order valence-electron chi connectivity index (χ4n) is 6.05. The van der Waals surface area contributed by atoms with Crippen LogP contribution in [-0.4, -0.2) is 41.1 Å². The predicted molar refractivity (Wildman–Crippen MR) is 133 cm³/mol. The summed E-state index contributed by atoms with van der Waals surface area (Å²) in [7, 11) is 2.22. The number of hydrogen-bond acceptors (Lipinski definition) is 4. The lowest BCUT2D eigenvalue weighted by molar-refractivity contribution is 0.151. The summed E-state index contributed by atoms with van der Waals surface area (Å²) >= 11 is 0. The molecule has 0 spiro atoms. The van der Waals surface area contributed by atoms with Gasteiger partial charge < -0.3 is 20.9 Å². The largest absolute Gasteiger partial charge is 0.363 e. The number of pyridine rings is 1. The number of aryl methyl sites for hydroxylation is 1. The van der Waals surface area contributed by atoms with Crippen molar-refractivity contribution in [1.29, 1.82) is 0 Å². The Balaban J connectivity index is 1.10. The van der Waals surface area contributed by atoms with Gasteiger partial charge in [-0.2, -0.15) is 0 Å². The first kappa shape index (κ1) is 20.5. The van der Waals surface area contributed by atoms with Gasteiger partial charge in [0.1, 0.15) is 5.82 Å². The molecule has 3 aliphatic rings. The molecule has 3 heterocycles. The Labute approximate surface area is 194 Å². The van der Waals surface area contributed by atoms with E-state index in [1.165, 1.54) is 24.0 Å². The summed E-state index contributed by atoms with van der Waals surface area (Å²) in [6.07, 6.45) is 6.80. The highest BCUT2D eigenvalue weighted by atomic mass is 16.2. The summed E-state index contributed by atoms with van der Waals surface area (Å²) < 4.78 is 0. The van der Waals surface area contributed by atoms with Crippen LogP contribution in [0.2, 0.25) is 0 Å². The van der Waals surface area contributed by atoms with Crippen molar-refractivity contribution in [3.63, 3.8) is 0 Å². The third-order valence-electron chi connectivity index (χ3n) is 7.84.